The van der Waals surface area contributed by atoms with Crippen molar-refractivity contribution in [2.45, 2.75) is 26.2 Å². The highest BCUT2D eigenvalue weighted by Crippen LogP contribution is 2.32. The summed E-state index contributed by atoms with van der Waals surface area (Å²) in [5.41, 5.74) is 4.88. The molecule has 4 heterocycles. The second-order valence-corrected chi connectivity index (χ2v) is 8.23. The number of aliphatic hydroxyl groups excluding tert-OH is 1. The van der Waals surface area contributed by atoms with Gasteiger partial charge in [0, 0.05) is 25.4 Å². The lowest BCUT2D eigenvalue weighted by molar-refractivity contribution is 0.302. The molecule has 0 unspecified atom stereocenters. The quantitative estimate of drug-likeness (QED) is 0.416. The number of hydrogen-bond acceptors (Lipinski definition) is 6. The second kappa shape index (κ2) is 9.52. The normalized spacial score (nSPS) is 12.5. The second-order valence-electron chi connectivity index (χ2n) is 8.23. The molecule has 0 amide bonds. The van der Waals surface area contributed by atoms with Crippen LogP contribution in [0.4, 0.5) is 5.82 Å². The molecule has 1 aliphatic carbocycles. The smallest absolute Gasteiger partial charge is 0.263 e. The summed E-state index contributed by atoms with van der Waals surface area (Å²) < 4.78 is 7.56. The van der Waals surface area contributed by atoms with Crippen molar-refractivity contribution in [3.8, 4) is 11.5 Å². The van der Waals surface area contributed by atoms with E-state index in [-0.39, 0.29) is 12.2 Å². The van der Waals surface area contributed by atoms with Gasteiger partial charge in [0.25, 0.3) is 5.56 Å². The fourth-order valence-corrected chi connectivity index (χ4v) is 4.45. The van der Waals surface area contributed by atoms with Crippen LogP contribution in [-0.2, 0) is 12.8 Å². The van der Waals surface area contributed by atoms with Crippen LogP contribution in [0.2, 0.25) is 0 Å². The number of aliphatic hydroxyl groups is 1. The molecule has 6 rings (SSSR count). The Morgan fingerprint density at radius 1 is 1.12 bits per heavy atom. The highest BCUT2D eigenvalue weighted by molar-refractivity contribution is 5.91. The Morgan fingerprint density at radius 2 is 1.91 bits per heavy atom. The van der Waals surface area contributed by atoms with Gasteiger partial charge in [-0.3, -0.25) is 9.89 Å². The average molecular weight is 458 g/mol. The summed E-state index contributed by atoms with van der Waals surface area (Å²) in [5.74, 6) is 1.34. The van der Waals surface area contributed by atoms with Gasteiger partial charge in [0.05, 0.1) is 18.2 Å². The van der Waals surface area contributed by atoms with Gasteiger partial charge in [-0.25, -0.2) is 14.5 Å². The first kappa shape index (κ1) is 21.9. The van der Waals surface area contributed by atoms with Gasteiger partial charge in [-0.15, -0.1) is 0 Å². The minimum absolute atomic E-state index is 0.0467. The molecular formula is C26H27N5O3. The van der Waals surface area contributed by atoms with Gasteiger partial charge < -0.3 is 14.4 Å². The number of pyridine rings is 1. The van der Waals surface area contributed by atoms with Crippen LogP contribution in [0.1, 0.15) is 24.5 Å². The number of fused-ring (bicyclic) bond motifs is 3. The van der Waals surface area contributed by atoms with Gasteiger partial charge in [-0.05, 0) is 55.5 Å². The van der Waals surface area contributed by atoms with Gasteiger partial charge in [-0.1, -0.05) is 24.3 Å². The molecule has 0 atom stereocenters. The molecule has 0 spiro atoms. The Morgan fingerprint density at radius 3 is 2.65 bits per heavy atom. The van der Waals surface area contributed by atoms with E-state index < -0.39 is 0 Å². The number of rotatable bonds is 5. The zero-order valence-corrected chi connectivity index (χ0v) is 19.1. The fraction of sp³-hybridized carbons (Fsp3) is 0.269. The lowest BCUT2D eigenvalue weighted by atomic mass is 10.1. The Kier molecular flexibility index (Phi) is 6.14. The Bertz CT molecular complexity index is 1460. The summed E-state index contributed by atoms with van der Waals surface area (Å²) in [5, 5.41) is 12.8. The van der Waals surface area contributed by atoms with Crippen molar-refractivity contribution < 1.29 is 9.52 Å². The third-order valence-electron chi connectivity index (χ3n) is 6.13. The third-order valence-corrected chi connectivity index (χ3v) is 6.13. The molecule has 1 aliphatic rings. The van der Waals surface area contributed by atoms with Crippen LogP contribution in [0.25, 0.3) is 28.1 Å². The minimum atomic E-state index is -0.217. The Balaban J connectivity index is 0.000000222. The van der Waals surface area contributed by atoms with Crippen molar-refractivity contribution in [1.82, 2.24) is 19.6 Å². The van der Waals surface area contributed by atoms with E-state index >= 15 is 0 Å². The minimum Gasteiger partial charge on any atom is -0.454 e. The summed E-state index contributed by atoms with van der Waals surface area (Å²) >= 11 is 0. The zero-order chi connectivity index (χ0) is 23.5. The van der Waals surface area contributed by atoms with E-state index in [1.807, 2.05) is 17.9 Å². The van der Waals surface area contributed by atoms with Crippen LogP contribution < -0.4 is 10.5 Å². The van der Waals surface area contributed by atoms with E-state index in [1.165, 1.54) is 25.3 Å². The van der Waals surface area contributed by atoms with E-state index in [1.54, 1.807) is 40.2 Å². The Labute approximate surface area is 196 Å². The molecule has 174 valence electrons. The molecule has 4 aromatic heterocycles. The SMILES string of the molecule is CCN(CCO)c1nccc2oc(-c3cnc4ccc(=O)[nH]n34)cc12.c1ccc2c(c1)CCC2. The number of aromatic nitrogens is 4. The average Bonchev–Trinajstić information content (AvgIpc) is 3.60. The van der Waals surface area contributed by atoms with Crippen LogP contribution in [0.15, 0.2) is 70.1 Å². The number of nitrogens with one attached hydrogen (secondary N) is 1. The number of likely N-dealkylation sites (N-methyl/N-ethyl adjacent to an activating group) is 1. The van der Waals surface area contributed by atoms with Crippen molar-refractivity contribution >= 4 is 22.4 Å². The Hall–Kier alpha value is -3.91. The van der Waals surface area contributed by atoms with Crippen molar-refractivity contribution in [1.29, 1.82) is 0 Å². The predicted octanol–water partition coefficient (Wildman–Crippen LogP) is 3.82. The predicted molar refractivity (Wildman–Crippen MR) is 132 cm³/mol. The number of hydrogen-bond donors (Lipinski definition) is 2. The summed E-state index contributed by atoms with van der Waals surface area (Å²) in [6, 6.07) is 15.5. The number of benzene rings is 1. The number of anilines is 1. The van der Waals surface area contributed by atoms with Gasteiger partial charge in [0.15, 0.2) is 11.4 Å². The summed E-state index contributed by atoms with van der Waals surface area (Å²) in [6.07, 6.45) is 7.30. The number of H-pyrrole nitrogens is 1. The number of aryl methyl sites for hydroxylation is 2. The van der Waals surface area contributed by atoms with Crippen LogP contribution in [-0.4, -0.2) is 44.4 Å². The van der Waals surface area contributed by atoms with Crippen LogP contribution in [0.3, 0.4) is 0 Å². The molecule has 8 heteroatoms. The molecule has 1 aromatic carbocycles. The van der Waals surface area contributed by atoms with E-state index in [0.717, 1.165) is 17.7 Å². The number of aromatic amines is 1. The molecule has 0 bridgehead atoms. The lowest BCUT2D eigenvalue weighted by Gasteiger charge is -2.20. The monoisotopic (exact) mass is 457 g/mol. The largest absolute Gasteiger partial charge is 0.454 e. The van der Waals surface area contributed by atoms with Crippen molar-refractivity contribution in [2.75, 3.05) is 24.6 Å². The van der Waals surface area contributed by atoms with Gasteiger partial charge in [0.1, 0.15) is 17.1 Å². The summed E-state index contributed by atoms with van der Waals surface area (Å²) in [7, 11) is 0. The maximum atomic E-state index is 11.6. The van der Waals surface area contributed by atoms with Crippen molar-refractivity contribution in [3.05, 3.63) is 82.4 Å². The maximum absolute atomic E-state index is 11.6. The standard InChI is InChI=1S/C17H17N5O3.C9H10/c1-2-21(7-8-23)17-11-9-14(25-13(11)5-6-18-17)12-10-19-15-3-4-16(24)20-22(12)15;1-2-5-9-7-3-6-8(9)4-1/h3-6,9-10,23H,2,7-8H2,1H3,(H,20,24);1-2,4-5H,3,6-7H2. The molecule has 34 heavy (non-hydrogen) atoms. The summed E-state index contributed by atoms with van der Waals surface area (Å²) in [6.45, 7) is 3.26. The molecule has 0 radical (unpaired) electrons. The molecular weight excluding hydrogens is 430 g/mol. The van der Waals surface area contributed by atoms with Crippen molar-refractivity contribution in [2.24, 2.45) is 0 Å². The van der Waals surface area contributed by atoms with E-state index in [2.05, 4.69) is 39.3 Å². The van der Waals surface area contributed by atoms with Crippen LogP contribution in [0.5, 0.6) is 0 Å². The third kappa shape index (κ3) is 4.20. The molecule has 5 aromatic rings. The van der Waals surface area contributed by atoms with E-state index in [0.29, 0.717) is 29.2 Å². The van der Waals surface area contributed by atoms with Crippen molar-refractivity contribution in [3.63, 3.8) is 0 Å². The summed E-state index contributed by atoms with van der Waals surface area (Å²) in [4.78, 5) is 22.3. The highest BCUT2D eigenvalue weighted by atomic mass is 16.3. The van der Waals surface area contributed by atoms with Gasteiger partial charge in [0.2, 0.25) is 0 Å². The molecule has 2 N–H and O–H groups in total. The molecule has 0 aliphatic heterocycles. The highest BCUT2D eigenvalue weighted by Gasteiger charge is 2.17. The number of imidazole rings is 1. The van der Waals surface area contributed by atoms with E-state index in [4.69, 9.17) is 4.42 Å². The topological polar surface area (TPSA) is 99.7 Å². The first-order valence-electron chi connectivity index (χ1n) is 11.6. The van der Waals surface area contributed by atoms with Gasteiger partial charge in [-0.2, -0.15) is 0 Å². The first-order valence-corrected chi connectivity index (χ1v) is 11.6. The lowest BCUT2D eigenvalue weighted by Crippen LogP contribution is -2.27. The number of nitrogens with zero attached hydrogens (tertiary/aromatic N) is 4. The zero-order valence-electron chi connectivity index (χ0n) is 19.1. The molecule has 0 fully saturated rings. The maximum Gasteiger partial charge on any atom is 0.263 e. The number of furan rings is 1. The van der Waals surface area contributed by atoms with E-state index in [9.17, 15) is 9.90 Å². The molecule has 8 nitrogen and oxygen atoms in total. The van der Waals surface area contributed by atoms with Crippen LogP contribution >= 0.6 is 0 Å². The molecule has 0 saturated carbocycles. The van der Waals surface area contributed by atoms with Crippen LogP contribution in [0, 0.1) is 0 Å². The first-order chi connectivity index (χ1) is 16.7. The van der Waals surface area contributed by atoms with Gasteiger partial charge >= 0.3 is 0 Å². The molecule has 0 saturated heterocycles. The fourth-order valence-electron chi connectivity index (χ4n) is 4.45.